The van der Waals surface area contributed by atoms with Gasteiger partial charge in [-0.25, -0.2) is 14.4 Å². The highest BCUT2D eigenvalue weighted by Gasteiger charge is 2.47. The Balaban J connectivity index is 0.728. The van der Waals surface area contributed by atoms with Gasteiger partial charge < -0.3 is 19.7 Å². The molecule has 2 aromatic heterocycles. The first-order valence-electron chi connectivity index (χ1n) is 23.4. The maximum absolute atomic E-state index is 15.2. The third kappa shape index (κ3) is 10.1. The number of piperidine rings is 1. The van der Waals surface area contributed by atoms with Crippen LogP contribution in [0.4, 0.5) is 10.3 Å². The largest absolute Gasteiger partial charge is 0.357 e. The van der Waals surface area contributed by atoms with Gasteiger partial charge in [0.05, 0.1) is 11.5 Å². The molecule has 0 radical (unpaired) electrons. The number of fused-ring (bicyclic) bond motifs is 3. The average molecular weight is 847 g/mol. The molecule has 1 unspecified atom stereocenters. The van der Waals surface area contributed by atoms with Crippen molar-refractivity contribution >= 4 is 34.6 Å². The van der Waals surface area contributed by atoms with Crippen LogP contribution in [0.1, 0.15) is 130 Å². The van der Waals surface area contributed by atoms with Gasteiger partial charge in [-0.15, -0.1) is 0 Å². The fourth-order valence-corrected chi connectivity index (χ4v) is 10.7. The molecule has 2 N–H and O–H groups in total. The van der Waals surface area contributed by atoms with E-state index in [0.717, 1.165) is 81.0 Å². The predicted molar refractivity (Wildman–Crippen MR) is 243 cm³/mol. The van der Waals surface area contributed by atoms with Crippen LogP contribution < -0.4 is 10.2 Å². The molecule has 4 aliphatic rings. The second-order valence-electron chi connectivity index (χ2n) is 19.6. The Morgan fingerprint density at radius 2 is 1.68 bits per heavy atom. The number of likely N-dealkylation sites (tertiary alicyclic amines) is 1. The highest BCUT2D eigenvalue weighted by Crippen LogP contribution is 2.42. The Morgan fingerprint density at radius 1 is 0.952 bits per heavy atom. The van der Waals surface area contributed by atoms with Gasteiger partial charge in [-0.1, -0.05) is 49.6 Å². The maximum Gasteiger partial charge on any atom is 0.253 e. The topological polar surface area (TPSA) is 118 Å². The number of carbonyl (C=O) groups is 3. The van der Waals surface area contributed by atoms with Crippen molar-refractivity contribution in [1.82, 2.24) is 35.0 Å². The SMILES string of the molecule is C[C@@H]1Cc2c([nH]c3ccccc23)[C@@H](c2cnc(N3CCC(CN(C)CCCCCCCc4ccc(C(=O)N5CCC6(CCCC(=O)NC6=O)C5)cc4)CC3)nc2)N1CC(C)(C)F. The normalized spacial score (nSPS) is 22.7. The summed E-state index contributed by atoms with van der Waals surface area (Å²) >= 11 is 0. The number of aryl methyl sites for hydroxylation is 1. The molecular weight excluding hydrogens is 780 g/mol. The number of nitrogens with zero attached hydrogens (tertiary/aromatic N) is 6. The number of halogens is 1. The monoisotopic (exact) mass is 847 g/mol. The summed E-state index contributed by atoms with van der Waals surface area (Å²) in [6, 6.07) is 16.5. The highest BCUT2D eigenvalue weighted by molar-refractivity contribution is 6.00. The fraction of sp³-hybridized carbons (Fsp3) is 0.580. The van der Waals surface area contributed by atoms with Gasteiger partial charge in [-0.3, -0.25) is 24.6 Å². The van der Waals surface area contributed by atoms with Crippen LogP contribution >= 0.6 is 0 Å². The van der Waals surface area contributed by atoms with Gasteiger partial charge in [-0.05, 0) is 127 Å². The van der Waals surface area contributed by atoms with E-state index in [0.29, 0.717) is 56.8 Å². The zero-order valence-corrected chi connectivity index (χ0v) is 37.4. The number of rotatable bonds is 15. The molecule has 11 nitrogen and oxygen atoms in total. The molecule has 8 rings (SSSR count). The lowest BCUT2D eigenvalue weighted by Crippen LogP contribution is -2.47. The number of hydrogen-bond donors (Lipinski definition) is 2. The van der Waals surface area contributed by atoms with E-state index >= 15 is 4.39 Å². The standard InChI is InChI=1S/C50H67FN8O3/c1-35-29-41-40-14-9-10-15-42(40)54-44(41)45(59(35)33-49(2,3)51)39-30-52-48(53-31-39)57-26-21-37(22-27-57)32-56(4)25-11-7-5-6-8-13-36-17-19-38(20-18-36)46(61)58-28-24-50(34-58)23-12-16-43(60)55-47(50)62/h9-10,14-15,17-20,30-31,35,37,45,54H,5-8,11-13,16,21-29,32-34H2,1-4H3,(H,55,60,62)/t35-,45-,50?/m1/s1. The van der Waals surface area contributed by atoms with E-state index in [1.807, 2.05) is 24.5 Å². The van der Waals surface area contributed by atoms with E-state index in [1.54, 1.807) is 18.7 Å². The number of para-hydroxylation sites is 1. The molecule has 12 heteroatoms. The molecule has 0 aliphatic carbocycles. The van der Waals surface area contributed by atoms with Crippen LogP contribution in [0.15, 0.2) is 60.9 Å². The van der Waals surface area contributed by atoms with Gasteiger partial charge in [0.25, 0.3) is 5.91 Å². The molecule has 3 fully saturated rings. The minimum atomic E-state index is -1.33. The number of imide groups is 1. The van der Waals surface area contributed by atoms with Gasteiger partial charge in [0.1, 0.15) is 5.67 Å². The third-order valence-corrected chi connectivity index (χ3v) is 14.2. The van der Waals surface area contributed by atoms with Crippen molar-refractivity contribution in [3.05, 3.63) is 88.9 Å². The molecule has 4 aromatic rings. The molecule has 332 valence electrons. The first kappa shape index (κ1) is 43.9. The molecule has 1 spiro atoms. The lowest BCUT2D eigenvalue weighted by atomic mass is 9.82. The van der Waals surface area contributed by atoms with Gasteiger partial charge in [0.15, 0.2) is 0 Å². The fourth-order valence-electron chi connectivity index (χ4n) is 10.7. The zero-order chi connectivity index (χ0) is 43.4. The molecule has 0 bridgehead atoms. The molecular formula is C50H67FN8O3. The van der Waals surface area contributed by atoms with Crippen molar-refractivity contribution in [1.29, 1.82) is 0 Å². The molecule has 2 aromatic carbocycles. The van der Waals surface area contributed by atoms with Crippen molar-refractivity contribution in [2.45, 2.75) is 122 Å². The number of carbonyl (C=O) groups excluding carboxylic acids is 3. The number of alkyl halides is 1. The molecule has 3 amide bonds. The summed E-state index contributed by atoms with van der Waals surface area (Å²) in [5.74, 6) is 0.989. The van der Waals surface area contributed by atoms with Gasteiger partial charge in [-0.2, -0.15) is 0 Å². The molecule has 3 saturated heterocycles. The van der Waals surface area contributed by atoms with Gasteiger partial charge >= 0.3 is 0 Å². The molecule has 0 saturated carbocycles. The molecule has 4 aliphatic heterocycles. The van der Waals surface area contributed by atoms with Crippen LogP contribution in [-0.2, 0) is 22.4 Å². The van der Waals surface area contributed by atoms with E-state index < -0.39 is 11.1 Å². The summed E-state index contributed by atoms with van der Waals surface area (Å²) in [4.78, 5) is 60.3. The Kier molecular flexibility index (Phi) is 13.4. The van der Waals surface area contributed by atoms with Crippen LogP contribution in [0.25, 0.3) is 10.9 Å². The van der Waals surface area contributed by atoms with E-state index in [-0.39, 0.29) is 29.8 Å². The minimum Gasteiger partial charge on any atom is -0.357 e. The third-order valence-electron chi connectivity index (χ3n) is 14.2. The van der Waals surface area contributed by atoms with Crippen LogP contribution in [0, 0.1) is 11.3 Å². The number of aromatic amines is 1. The lowest BCUT2D eigenvalue weighted by Gasteiger charge is -2.42. The Hall–Kier alpha value is -4.68. The van der Waals surface area contributed by atoms with Crippen molar-refractivity contribution in [3.8, 4) is 0 Å². The summed E-state index contributed by atoms with van der Waals surface area (Å²) in [6.45, 7) is 10.9. The van der Waals surface area contributed by atoms with Gasteiger partial charge in [0.2, 0.25) is 17.8 Å². The number of benzene rings is 2. The molecule has 3 atom stereocenters. The summed E-state index contributed by atoms with van der Waals surface area (Å²) in [6.07, 6.45) is 16.4. The van der Waals surface area contributed by atoms with Crippen molar-refractivity contribution < 1.29 is 18.8 Å². The highest BCUT2D eigenvalue weighted by atomic mass is 19.1. The number of aromatic nitrogens is 3. The van der Waals surface area contributed by atoms with E-state index in [2.05, 4.69) is 75.4 Å². The number of nitrogens with one attached hydrogen (secondary N) is 2. The number of amides is 3. The first-order valence-corrected chi connectivity index (χ1v) is 23.4. The number of anilines is 1. The van der Waals surface area contributed by atoms with Crippen LogP contribution in [0.5, 0.6) is 0 Å². The molecule has 62 heavy (non-hydrogen) atoms. The van der Waals surface area contributed by atoms with E-state index in [4.69, 9.17) is 9.97 Å². The lowest BCUT2D eigenvalue weighted by molar-refractivity contribution is -0.135. The summed E-state index contributed by atoms with van der Waals surface area (Å²) in [7, 11) is 2.26. The van der Waals surface area contributed by atoms with Crippen LogP contribution in [-0.4, -0.2) is 112 Å². The van der Waals surface area contributed by atoms with Crippen molar-refractivity contribution in [2.75, 3.05) is 57.8 Å². The maximum atomic E-state index is 15.2. The van der Waals surface area contributed by atoms with Crippen molar-refractivity contribution in [3.63, 3.8) is 0 Å². The number of unbranched alkanes of at least 4 members (excludes halogenated alkanes) is 4. The summed E-state index contributed by atoms with van der Waals surface area (Å²) in [5, 5.41) is 3.77. The molecule has 6 heterocycles. The number of hydrogen-bond acceptors (Lipinski definition) is 8. The predicted octanol–water partition coefficient (Wildman–Crippen LogP) is 8.04. The van der Waals surface area contributed by atoms with Crippen LogP contribution in [0.3, 0.4) is 0 Å². The summed E-state index contributed by atoms with van der Waals surface area (Å²) < 4.78 is 15.2. The minimum absolute atomic E-state index is 0.0349. The van der Waals surface area contributed by atoms with Gasteiger partial charge in [0, 0.05) is 91.8 Å². The van der Waals surface area contributed by atoms with Crippen LogP contribution in [0.2, 0.25) is 0 Å². The summed E-state index contributed by atoms with van der Waals surface area (Å²) in [5.41, 5.74) is 4.51. The van der Waals surface area contributed by atoms with E-state index in [9.17, 15) is 14.4 Å². The smallest absolute Gasteiger partial charge is 0.253 e. The second-order valence-corrected chi connectivity index (χ2v) is 19.6. The average Bonchev–Trinajstić information content (AvgIpc) is 3.82. The Morgan fingerprint density at radius 3 is 2.44 bits per heavy atom. The Labute approximate surface area is 367 Å². The zero-order valence-electron chi connectivity index (χ0n) is 37.4. The Bertz CT molecular complexity index is 2180. The second kappa shape index (κ2) is 19.0. The van der Waals surface area contributed by atoms with E-state index in [1.165, 1.54) is 42.2 Å². The quantitative estimate of drug-likeness (QED) is 0.0913. The number of H-pyrrole nitrogens is 1. The first-order chi connectivity index (χ1) is 29.9. The van der Waals surface area contributed by atoms with Crippen molar-refractivity contribution in [2.24, 2.45) is 11.3 Å².